The first kappa shape index (κ1) is 5.67. The molecule has 2 aromatic carbocycles. The Morgan fingerprint density at radius 3 is 2.69 bits per heavy atom. The van der Waals surface area contributed by atoms with Gasteiger partial charge in [-0.25, -0.2) is 0 Å². The first-order valence-electron chi connectivity index (χ1n) is 7.90. The van der Waals surface area contributed by atoms with Crippen molar-refractivity contribution < 1.29 is 6.85 Å². The topological polar surface area (TPSA) is 0 Å². The highest BCUT2D eigenvalue weighted by atomic mass is 14.4. The predicted octanol–water partition coefficient (Wildman–Crippen LogP) is 4.30. The molecule has 1 aliphatic carbocycles. The molecule has 0 fully saturated rings. The second-order valence-corrected chi connectivity index (χ2v) is 4.76. The molecule has 3 rings (SSSR count). The van der Waals surface area contributed by atoms with Crippen LogP contribution in [-0.4, -0.2) is 0 Å². The molecule has 0 spiro atoms. The molecule has 1 aliphatic rings. The van der Waals surface area contributed by atoms with Crippen molar-refractivity contribution in [3.8, 4) is 11.1 Å². The summed E-state index contributed by atoms with van der Waals surface area (Å²) >= 11 is 0. The maximum atomic E-state index is 8.23. The highest BCUT2D eigenvalue weighted by Gasteiger charge is 2.35. The molecular formula is C16H16. The maximum Gasteiger partial charge on any atom is 0.0626 e. The Balaban J connectivity index is 2.55. The summed E-state index contributed by atoms with van der Waals surface area (Å²) in [5.74, 6) is 0. The van der Waals surface area contributed by atoms with Crippen molar-refractivity contribution in [1.29, 1.82) is 0 Å². The molecule has 2 aromatic rings. The third-order valence-corrected chi connectivity index (χ3v) is 3.40. The Kier molecular flexibility index (Phi) is 1.06. The monoisotopic (exact) mass is 213 g/mol. The van der Waals surface area contributed by atoms with Crippen molar-refractivity contribution in [3.05, 3.63) is 59.0 Å². The molecule has 0 heteroatoms. The molecule has 0 saturated heterocycles. The average Bonchev–Trinajstić information content (AvgIpc) is 2.61. The molecule has 0 N–H and O–H groups in total. The van der Waals surface area contributed by atoms with Crippen molar-refractivity contribution in [3.63, 3.8) is 0 Å². The normalized spacial score (nSPS) is 20.1. The fourth-order valence-electron chi connectivity index (χ4n) is 2.54. The number of benzene rings is 2. The van der Waals surface area contributed by atoms with Crippen molar-refractivity contribution in [2.24, 2.45) is 0 Å². The lowest BCUT2D eigenvalue weighted by Crippen LogP contribution is -2.14. The van der Waals surface area contributed by atoms with Gasteiger partial charge in [-0.05, 0) is 34.7 Å². The number of rotatable bonds is 0. The zero-order chi connectivity index (χ0) is 15.7. The van der Waals surface area contributed by atoms with Gasteiger partial charge in [-0.1, -0.05) is 56.2 Å². The van der Waals surface area contributed by atoms with Gasteiger partial charge in [0.25, 0.3) is 0 Å². The van der Waals surface area contributed by atoms with Crippen LogP contribution in [0.25, 0.3) is 11.1 Å². The van der Waals surface area contributed by atoms with E-state index in [1.807, 2.05) is 20.8 Å². The van der Waals surface area contributed by atoms with E-state index in [4.69, 9.17) is 6.85 Å². The molecule has 0 unspecified atom stereocenters. The van der Waals surface area contributed by atoms with Crippen LogP contribution in [0.1, 0.15) is 37.4 Å². The molecule has 0 aromatic heterocycles. The predicted molar refractivity (Wildman–Crippen MR) is 68.7 cm³/mol. The molecule has 0 saturated carbocycles. The van der Waals surface area contributed by atoms with Crippen LogP contribution in [0.4, 0.5) is 0 Å². The molecule has 0 radical (unpaired) electrons. The van der Waals surface area contributed by atoms with Crippen LogP contribution in [0.5, 0.6) is 0 Å². The molecule has 16 heavy (non-hydrogen) atoms. The average molecular weight is 213 g/mol. The Morgan fingerprint density at radius 1 is 1.06 bits per heavy atom. The molecule has 0 nitrogen and oxygen atoms in total. The minimum Gasteiger partial charge on any atom is -0.0619 e. The summed E-state index contributed by atoms with van der Waals surface area (Å²) in [7, 11) is 0. The van der Waals surface area contributed by atoms with Gasteiger partial charge in [0.15, 0.2) is 0 Å². The summed E-state index contributed by atoms with van der Waals surface area (Å²) in [6.07, 6.45) is 0. The van der Waals surface area contributed by atoms with Crippen LogP contribution in [0.2, 0.25) is 0 Å². The molecule has 0 bridgehead atoms. The standard InChI is InChI=1S/C16H16/c1-11-7-6-10-14-15(11)12-8-4-5-9-13(12)16(14,2)3/h4-10H,1-3H3/i4D,5D,7D,9D,10D. The maximum absolute atomic E-state index is 8.23. The first-order valence-corrected chi connectivity index (χ1v) is 5.40. The third kappa shape index (κ3) is 1.05. The summed E-state index contributed by atoms with van der Waals surface area (Å²) < 4.78 is 40.2. The number of hydrogen-bond acceptors (Lipinski definition) is 0. The first-order chi connectivity index (χ1) is 9.67. The summed E-state index contributed by atoms with van der Waals surface area (Å²) in [4.78, 5) is 0. The van der Waals surface area contributed by atoms with Crippen molar-refractivity contribution >= 4 is 0 Å². The third-order valence-electron chi connectivity index (χ3n) is 3.40. The van der Waals surface area contributed by atoms with Crippen LogP contribution in [0, 0.1) is 6.92 Å². The molecule has 0 heterocycles. The van der Waals surface area contributed by atoms with Gasteiger partial charge in [0.1, 0.15) is 0 Å². The van der Waals surface area contributed by atoms with E-state index in [2.05, 4.69) is 0 Å². The number of fused-ring (bicyclic) bond motifs is 3. The lowest BCUT2D eigenvalue weighted by molar-refractivity contribution is 0.660. The Hall–Kier alpha value is -1.56. The van der Waals surface area contributed by atoms with Gasteiger partial charge in [-0.15, -0.1) is 0 Å². The quantitative estimate of drug-likeness (QED) is 0.612. The zero-order valence-corrected chi connectivity index (χ0v) is 9.65. The Labute approximate surface area is 104 Å². The van der Waals surface area contributed by atoms with E-state index in [-0.39, 0.29) is 18.1 Å². The second-order valence-electron chi connectivity index (χ2n) is 4.76. The van der Waals surface area contributed by atoms with Crippen molar-refractivity contribution in [1.82, 2.24) is 0 Å². The molecular weight excluding hydrogens is 192 g/mol. The van der Waals surface area contributed by atoms with E-state index >= 15 is 0 Å². The van der Waals surface area contributed by atoms with Crippen LogP contribution >= 0.6 is 0 Å². The van der Waals surface area contributed by atoms with E-state index < -0.39 is 5.41 Å². The highest BCUT2D eigenvalue weighted by molar-refractivity contribution is 5.82. The van der Waals surface area contributed by atoms with Crippen LogP contribution < -0.4 is 0 Å². The van der Waals surface area contributed by atoms with Crippen LogP contribution in [0.3, 0.4) is 0 Å². The summed E-state index contributed by atoms with van der Waals surface area (Å²) in [6.45, 7) is 5.73. The van der Waals surface area contributed by atoms with Gasteiger partial charge in [-0.2, -0.15) is 0 Å². The van der Waals surface area contributed by atoms with E-state index in [1.54, 1.807) is 6.07 Å². The largest absolute Gasteiger partial charge is 0.0626 e. The summed E-state index contributed by atoms with van der Waals surface area (Å²) in [5.41, 5.74) is 3.24. The van der Waals surface area contributed by atoms with Crippen molar-refractivity contribution in [2.45, 2.75) is 26.2 Å². The van der Waals surface area contributed by atoms with E-state index in [1.165, 1.54) is 6.07 Å². The summed E-state index contributed by atoms with van der Waals surface area (Å²) in [5, 5.41) is 0. The smallest absolute Gasteiger partial charge is 0.0619 e. The van der Waals surface area contributed by atoms with Gasteiger partial charge in [0.05, 0.1) is 6.85 Å². The Bertz CT molecular complexity index is 790. The van der Waals surface area contributed by atoms with Gasteiger partial charge in [0.2, 0.25) is 0 Å². The second kappa shape index (κ2) is 2.98. The molecule has 0 aliphatic heterocycles. The summed E-state index contributed by atoms with van der Waals surface area (Å²) in [6, 6.07) is 3.73. The lowest BCUT2D eigenvalue weighted by Gasteiger charge is -2.21. The highest BCUT2D eigenvalue weighted by Crippen LogP contribution is 2.49. The SMILES string of the molecule is [2H]c1cc2c(c([2H])c1[2H])C(C)(C)c1c([2H])cc([2H])c(C)c1-2. The van der Waals surface area contributed by atoms with E-state index in [9.17, 15) is 0 Å². The lowest BCUT2D eigenvalue weighted by atomic mass is 9.82. The zero-order valence-electron chi connectivity index (χ0n) is 14.7. The van der Waals surface area contributed by atoms with Gasteiger partial charge in [-0.3, -0.25) is 0 Å². The van der Waals surface area contributed by atoms with Crippen molar-refractivity contribution in [2.75, 3.05) is 0 Å². The molecule has 0 amide bonds. The van der Waals surface area contributed by atoms with Gasteiger partial charge < -0.3 is 0 Å². The molecule has 80 valence electrons. The van der Waals surface area contributed by atoms with Gasteiger partial charge >= 0.3 is 0 Å². The fraction of sp³-hybridized carbons (Fsp3) is 0.250. The fourth-order valence-corrected chi connectivity index (χ4v) is 2.54. The van der Waals surface area contributed by atoms with Gasteiger partial charge in [0, 0.05) is 5.41 Å². The van der Waals surface area contributed by atoms with Crippen LogP contribution in [-0.2, 0) is 5.41 Å². The van der Waals surface area contributed by atoms with E-state index in [0.717, 1.165) is 22.3 Å². The Morgan fingerprint density at radius 2 is 1.88 bits per heavy atom. The van der Waals surface area contributed by atoms with Crippen LogP contribution in [0.15, 0.2) is 42.3 Å². The minimum atomic E-state index is -0.555. The number of hydrogen-bond donors (Lipinski definition) is 0. The molecule has 0 atom stereocenters. The van der Waals surface area contributed by atoms with E-state index in [0.29, 0.717) is 17.6 Å². The minimum absolute atomic E-state index is 0.0173.